The number of amides is 1. The van der Waals surface area contributed by atoms with Crippen molar-refractivity contribution in [1.82, 2.24) is 5.32 Å². The van der Waals surface area contributed by atoms with E-state index < -0.39 is 29.3 Å². The Morgan fingerprint density at radius 2 is 1.84 bits per heavy atom. The van der Waals surface area contributed by atoms with Gasteiger partial charge in [-0.05, 0) is 12.8 Å². The summed E-state index contributed by atoms with van der Waals surface area (Å²) < 4.78 is 38.6. The van der Waals surface area contributed by atoms with Gasteiger partial charge in [0.15, 0.2) is 0 Å². The molecule has 1 aliphatic rings. The summed E-state index contributed by atoms with van der Waals surface area (Å²) in [5.74, 6) is -3.05. The molecule has 0 bridgehead atoms. The average Bonchev–Trinajstić information content (AvgIpc) is 2.35. The summed E-state index contributed by atoms with van der Waals surface area (Å²) in [6, 6.07) is 0. The van der Waals surface area contributed by atoms with E-state index in [-0.39, 0.29) is 26.0 Å². The van der Waals surface area contributed by atoms with Crippen LogP contribution in [0.4, 0.5) is 13.2 Å². The number of aliphatic hydroxyl groups is 1. The quantitative estimate of drug-likeness (QED) is 0.831. The molecular formula is C13H22F3NO2. The van der Waals surface area contributed by atoms with E-state index >= 15 is 0 Å². The van der Waals surface area contributed by atoms with E-state index in [2.05, 4.69) is 5.32 Å². The van der Waals surface area contributed by atoms with Gasteiger partial charge < -0.3 is 10.4 Å². The highest BCUT2D eigenvalue weighted by Crippen LogP contribution is 2.41. The second-order valence-electron chi connectivity index (χ2n) is 6.08. The lowest BCUT2D eigenvalue weighted by atomic mass is 9.78. The minimum absolute atomic E-state index is 0.0327. The van der Waals surface area contributed by atoms with E-state index in [1.165, 1.54) is 0 Å². The molecule has 0 radical (unpaired) electrons. The first-order chi connectivity index (χ1) is 8.67. The average molecular weight is 281 g/mol. The lowest BCUT2D eigenvalue weighted by molar-refractivity contribution is -0.198. The lowest BCUT2D eigenvalue weighted by Gasteiger charge is -2.33. The highest BCUT2D eigenvalue weighted by Gasteiger charge is 2.48. The van der Waals surface area contributed by atoms with Gasteiger partial charge in [-0.15, -0.1) is 0 Å². The molecule has 0 aromatic heterocycles. The van der Waals surface area contributed by atoms with E-state index in [4.69, 9.17) is 5.11 Å². The summed E-state index contributed by atoms with van der Waals surface area (Å²) in [6.07, 6.45) is -2.81. The maximum atomic E-state index is 12.9. The van der Waals surface area contributed by atoms with E-state index in [1.807, 2.05) is 0 Å². The maximum absolute atomic E-state index is 12.9. The lowest BCUT2D eigenvalue weighted by Crippen LogP contribution is -2.45. The van der Waals surface area contributed by atoms with Gasteiger partial charge in [0, 0.05) is 24.5 Å². The van der Waals surface area contributed by atoms with Crippen LogP contribution in [0.3, 0.4) is 0 Å². The van der Waals surface area contributed by atoms with Crippen LogP contribution in [0.2, 0.25) is 0 Å². The second kappa shape index (κ2) is 6.11. The van der Waals surface area contributed by atoms with Crippen molar-refractivity contribution in [2.75, 3.05) is 13.2 Å². The van der Waals surface area contributed by atoms with Gasteiger partial charge in [0.25, 0.3) is 0 Å². The molecule has 1 saturated carbocycles. The predicted octanol–water partition coefficient (Wildman–Crippen LogP) is 2.49. The second-order valence-corrected chi connectivity index (χ2v) is 6.08. The molecule has 0 saturated heterocycles. The van der Waals surface area contributed by atoms with Crippen molar-refractivity contribution in [1.29, 1.82) is 0 Å². The van der Waals surface area contributed by atoms with Crippen LogP contribution in [-0.4, -0.2) is 30.3 Å². The Hall–Kier alpha value is -0.780. The summed E-state index contributed by atoms with van der Waals surface area (Å²) in [5, 5.41) is 11.6. The SMILES string of the molecule is CC(C)(CO)CNC(=O)C1CCCCC1C(F)(F)F. The van der Waals surface area contributed by atoms with Crippen LogP contribution >= 0.6 is 0 Å². The van der Waals surface area contributed by atoms with Gasteiger partial charge in [0.1, 0.15) is 0 Å². The molecule has 112 valence electrons. The third-order valence-electron chi connectivity index (χ3n) is 3.69. The largest absolute Gasteiger partial charge is 0.396 e. The Kier molecular flexibility index (Phi) is 5.24. The van der Waals surface area contributed by atoms with E-state index in [9.17, 15) is 18.0 Å². The summed E-state index contributed by atoms with van der Waals surface area (Å²) in [5.41, 5.74) is -0.516. The topological polar surface area (TPSA) is 49.3 Å². The maximum Gasteiger partial charge on any atom is 0.392 e. The number of carbonyl (C=O) groups excluding carboxylic acids is 1. The zero-order chi connectivity index (χ0) is 14.7. The van der Waals surface area contributed by atoms with Gasteiger partial charge in [0.2, 0.25) is 5.91 Å². The third-order valence-corrected chi connectivity index (χ3v) is 3.69. The van der Waals surface area contributed by atoms with Crippen LogP contribution < -0.4 is 5.32 Å². The molecule has 2 unspecified atom stereocenters. The van der Waals surface area contributed by atoms with Gasteiger partial charge >= 0.3 is 6.18 Å². The number of carbonyl (C=O) groups is 1. The molecule has 1 fully saturated rings. The number of alkyl halides is 3. The van der Waals surface area contributed by atoms with Crippen LogP contribution in [0.5, 0.6) is 0 Å². The zero-order valence-electron chi connectivity index (χ0n) is 11.4. The first-order valence-corrected chi connectivity index (χ1v) is 6.63. The molecule has 1 aliphatic carbocycles. The molecule has 0 aliphatic heterocycles. The number of nitrogens with one attached hydrogen (secondary N) is 1. The fourth-order valence-electron chi connectivity index (χ4n) is 2.35. The number of aliphatic hydroxyl groups excluding tert-OH is 1. The van der Waals surface area contributed by atoms with Crippen molar-refractivity contribution in [2.24, 2.45) is 17.3 Å². The molecule has 3 nitrogen and oxygen atoms in total. The van der Waals surface area contributed by atoms with Crippen molar-refractivity contribution in [3.05, 3.63) is 0 Å². The van der Waals surface area contributed by atoms with Crippen molar-refractivity contribution in [3.8, 4) is 0 Å². The molecular weight excluding hydrogens is 259 g/mol. The Morgan fingerprint density at radius 3 is 2.37 bits per heavy atom. The number of hydrogen-bond donors (Lipinski definition) is 2. The molecule has 2 N–H and O–H groups in total. The Balaban J connectivity index is 2.63. The summed E-state index contributed by atoms with van der Waals surface area (Å²) in [6.45, 7) is 3.55. The fraction of sp³-hybridized carbons (Fsp3) is 0.923. The highest BCUT2D eigenvalue weighted by atomic mass is 19.4. The number of halogens is 3. The van der Waals surface area contributed by atoms with Crippen LogP contribution in [0.15, 0.2) is 0 Å². The third kappa shape index (κ3) is 4.67. The van der Waals surface area contributed by atoms with Crippen LogP contribution in [0, 0.1) is 17.3 Å². The summed E-state index contributed by atoms with van der Waals surface area (Å²) in [4.78, 5) is 11.9. The zero-order valence-corrected chi connectivity index (χ0v) is 11.4. The Morgan fingerprint density at radius 1 is 1.26 bits per heavy atom. The monoisotopic (exact) mass is 281 g/mol. The van der Waals surface area contributed by atoms with Crippen LogP contribution in [-0.2, 0) is 4.79 Å². The summed E-state index contributed by atoms with van der Waals surface area (Å²) >= 11 is 0. The molecule has 6 heteroatoms. The minimum Gasteiger partial charge on any atom is -0.396 e. The molecule has 1 amide bonds. The first kappa shape index (κ1) is 16.3. The van der Waals surface area contributed by atoms with E-state index in [0.717, 1.165) is 0 Å². The van der Waals surface area contributed by atoms with Crippen molar-refractivity contribution in [2.45, 2.75) is 45.7 Å². The predicted molar refractivity (Wildman–Crippen MR) is 65.4 cm³/mol. The molecule has 19 heavy (non-hydrogen) atoms. The summed E-state index contributed by atoms with van der Waals surface area (Å²) in [7, 11) is 0. The van der Waals surface area contributed by atoms with E-state index in [0.29, 0.717) is 12.8 Å². The molecule has 0 aromatic rings. The first-order valence-electron chi connectivity index (χ1n) is 6.63. The fourth-order valence-corrected chi connectivity index (χ4v) is 2.35. The molecule has 0 spiro atoms. The standard InChI is InChI=1S/C13H22F3NO2/c1-12(2,8-18)7-17-11(19)9-5-3-4-6-10(9)13(14,15)16/h9-10,18H,3-8H2,1-2H3,(H,17,19). The minimum atomic E-state index is -4.31. The molecule has 1 rings (SSSR count). The van der Waals surface area contributed by atoms with Gasteiger partial charge in [-0.25, -0.2) is 0 Å². The smallest absolute Gasteiger partial charge is 0.392 e. The molecule has 0 aromatic carbocycles. The number of hydrogen-bond acceptors (Lipinski definition) is 2. The van der Waals surface area contributed by atoms with Crippen molar-refractivity contribution < 1.29 is 23.1 Å². The van der Waals surface area contributed by atoms with Crippen LogP contribution in [0.1, 0.15) is 39.5 Å². The van der Waals surface area contributed by atoms with Gasteiger partial charge in [-0.3, -0.25) is 4.79 Å². The molecule has 2 atom stereocenters. The molecule has 0 heterocycles. The van der Waals surface area contributed by atoms with Crippen molar-refractivity contribution in [3.63, 3.8) is 0 Å². The highest BCUT2D eigenvalue weighted by molar-refractivity contribution is 5.79. The van der Waals surface area contributed by atoms with Gasteiger partial charge in [-0.2, -0.15) is 13.2 Å². The normalized spacial score (nSPS) is 25.2. The van der Waals surface area contributed by atoms with E-state index in [1.54, 1.807) is 13.8 Å². The van der Waals surface area contributed by atoms with Crippen LogP contribution in [0.25, 0.3) is 0 Å². The van der Waals surface area contributed by atoms with Crippen molar-refractivity contribution >= 4 is 5.91 Å². The van der Waals surface area contributed by atoms with Gasteiger partial charge in [-0.1, -0.05) is 26.7 Å². The Bertz CT molecular complexity index is 316. The Labute approximate surface area is 111 Å². The number of rotatable bonds is 4. The van der Waals surface area contributed by atoms with Gasteiger partial charge in [0.05, 0.1) is 5.92 Å².